The second kappa shape index (κ2) is 9.68. The molecule has 2 N–H and O–H groups in total. The zero-order valence-electron chi connectivity index (χ0n) is 11.4. The van der Waals surface area contributed by atoms with Crippen LogP contribution in [0.1, 0.15) is 57.7 Å². The van der Waals surface area contributed by atoms with Gasteiger partial charge in [-0.2, -0.15) is 0 Å². The standard InChI is InChI=1S/C14H25N3O/c1-2-3-4-5-6-7-8-14(18)17-10-9-13-15-11-12-16-13/h11-12H,2-10H2,1H3,(H,15,16)(H,17,18). The molecule has 0 radical (unpaired) electrons. The van der Waals surface area contributed by atoms with Gasteiger partial charge in [-0.1, -0.05) is 39.0 Å². The average molecular weight is 251 g/mol. The summed E-state index contributed by atoms with van der Waals surface area (Å²) in [4.78, 5) is 18.6. The van der Waals surface area contributed by atoms with E-state index in [1.807, 2.05) is 0 Å². The Morgan fingerprint density at radius 2 is 2.06 bits per heavy atom. The molecule has 0 aliphatic carbocycles. The first-order chi connectivity index (χ1) is 8.83. The first kappa shape index (κ1) is 14.7. The van der Waals surface area contributed by atoms with Crippen LogP contribution in [0.4, 0.5) is 0 Å². The summed E-state index contributed by atoms with van der Waals surface area (Å²) in [5.74, 6) is 1.09. The average Bonchev–Trinajstić information content (AvgIpc) is 2.87. The molecule has 0 aromatic carbocycles. The van der Waals surface area contributed by atoms with E-state index in [1.54, 1.807) is 12.4 Å². The van der Waals surface area contributed by atoms with E-state index in [9.17, 15) is 4.79 Å². The molecule has 0 fully saturated rings. The Hall–Kier alpha value is -1.32. The van der Waals surface area contributed by atoms with Gasteiger partial charge >= 0.3 is 0 Å². The summed E-state index contributed by atoms with van der Waals surface area (Å²) in [6.45, 7) is 2.88. The van der Waals surface area contributed by atoms with Gasteiger partial charge in [0.15, 0.2) is 0 Å². The maximum Gasteiger partial charge on any atom is 0.220 e. The van der Waals surface area contributed by atoms with Crippen molar-refractivity contribution in [3.63, 3.8) is 0 Å². The van der Waals surface area contributed by atoms with Crippen LogP contribution in [0, 0.1) is 0 Å². The molecule has 1 aromatic heterocycles. The second-order valence-corrected chi connectivity index (χ2v) is 4.65. The van der Waals surface area contributed by atoms with Gasteiger partial charge in [0.2, 0.25) is 5.91 Å². The van der Waals surface area contributed by atoms with Crippen LogP contribution in [0.2, 0.25) is 0 Å². The normalized spacial score (nSPS) is 10.5. The van der Waals surface area contributed by atoms with Gasteiger partial charge in [-0.15, -0.1) is 0 Å². The van der Waals surface area contributed by atoms with E-state index in [0.717, 1.165) is 18.7 Å². The van der Waals surface area contributed by atoms with Gasteiger partial charge < -0.3 is 10.3 Å². The van der Waals surface area contributed by atoms with Gasteiger partial charge in [0.25, 0.3) is 0 Å². The van der Waals surface area contributed by atoms with Crippen molar-refractivity contribution >= 4 is 5.91 Å². The summed E-state index contributed by atoms with van der Waals surface area (Å²) in [5.41, 5.74) is 0. The molecule has 0 atom stereocenters. The van der Waals surface area contributed by atoms with Crippen molar-refractivity contribution < 1.29 is 4.79 Å². The molecule has 102 valence electrons. The molecule has 0 aliphatic heterocycles. The number of aromatic amines is 1. The van der Waals surface area contributed by atoms with Gasteiger partial charge in [0, 0.05) is 31.8 Å². The number of rotatable bonds is 10. The lowest BCUT2D eigenvalue weighted by Gasteiger charge is -2.04. The van der Waals surface area contributed by atoms with E-state index in [-0.39, 0.29) is 5.91 Å². The predicted molar refractivity (Wildman–Crippen MR) is 73.3 cm³/mol. The van der Waals surface area contributed by atoms with Gasteiger partial charge in [0.05, 0.1) is 0 Å². The topological polar surface area (TPSA) is 57.8 Å². The molecule has 18 heavy (non-hydrogen) atoms. The number of nitrogens with zero attached hydrogens (tertiary/aromatic N) is 1. The number of amides is 1. The van der Waals surface area contributed by atoms with Crippen LogP contribution in [0.5, 0.6) is 0 Å². The van der Waals surface area contributed by atoms with E-state index in [1.165, 1.54) is 32.1 Å². The van der Waals surface area contributed by atoms with E-state index < -0.39 is 0 Å². The Balaban J connectivity index is 1.91. The summed E-state index contributed by atoms with van der Waals surface area (Å²) in [7, 11) is 0. The highest BCUT2D eigenvalue weighted by atomic mass is 16.1. The van der Waals surface area contributed by atoms with Crippen LogP contribution in [-0.2, 0) is 11.2 Å². The maximum absolute atomic E-state index is 11.5. The van der Waals surface area contributed by atoms with Crippen molar-refractivity contribution in [2.24, 2.45) is 0 Å². The molecular formula is C14H25N3O. The molecule has 1 rings (SSSR count). The molecule has 1 aromatic rings. The predicted octanol–water partition coefficient (Wildman–Crippen LogP) is 2.82. The number of imidazole rings is 1. The molecule has 0 aliphatic rings. The molecule has 4 heteroatoms. The highest BCUT2D eigenvalue weighted by molar-refractivity contribution is 5.75. The minimum atomic E-state index is 0.164. The third-order valence-corrected chi connectivity index (χ3v) is 3.00. The Morgan fingerprint density at radius 1 is 1.28 bits per heavy atom. The van der Waals surface area contributed by atoms with Crippen molar-refractivity contribution in [1.29, 1.82) is 0 Å². The molecule has 0 saturated heterocycles. The molecule has 1 heterocycles. The van der Waals surface area contributed by atoms with Crippen molar-refractivity contribution in [3.8, 4) is 0 Å². The number of H-pyrrole nitrogens is 1. The monoisotopic (exact) mass is 251 g/mol. The number of hydrogen-bond donors (Lipinski definition) is 2. The Kier molecular flexibility index (Phi) is 7.93. The first-order valence-corrected chi connectivity index (χ1v) is 7.08. The van der Waals surface area contributed by atoms with Crippen molar-refractivity contribution in [2.75, 3.05) is 6.54 Å². The minimum absolute atomic E-state index is 0.164. The van der Waals surface area contributed by atoms with Gasteiger partial charge in [-0.25, -0.2) is 4.98 Å². The SMILES string of the molecule is CCCCCCCCC(=O)NCCc1ncc[nH]1. The van der Waals surface area contributed by atoms with E-state index in [0.29, 0.717) is 13.0 Å². The fraction of sp³-hybridized carbons (Fsp3) is 0.714. The van der Waals surface area contributed by atoms with Crippen LogP contribution < -0.4 is 5.32 Å². The van der Waals surface area contributed by atoms with Crippen LogP contribution in [0.25, 0.3) is 0 Å². The van der Waals surface area contributed by atoms with Crippen LogP contribution in [0.3, 0.4) is 0 Å². The van der Waals surface area contributed by atoms with E-state index >= 15 is 0 Å². The first-order valence-electron chi connectivity index (χ1n) is 7.08. The molecule has 0 spiro atoms. The molecule has 1 amide bonds. The number of carbonyl (C=O) groups is 1. The van der Waals surface area contributed by atoms with Crippen molar-refractivity contribution in [2.45, 2.75) is 58.3 Å². The Bertz CT molecular complexity index is 309. The Labute approximate surface area is 110 Å². The maximum atomic E-state index is 11.5. The van der Waals surface area contributed by atoms with E-state index in [2.05, 4.69) is 22.2 Å². The summed E-state index contributed by atoms with van der Waals surface area (Å²) in [6.07, 6.45) is 12.3. The molecule has 0 bridgehead atoms. The van der Waals surface area contributed by atoms with Crippen molar-refractivity contribution in [1.82, 2.24) is 15.3 Å². The molecule has 4 nitrogen and oxygen atoms in total. The van der Waals surface area contributed by atoms with E-state index in [4.69, 9.17) is 0 Å². The van der Waals surface area contributed by atoms with Crippen LogP contribution in [0.15, 0.2) is 12.4 Å². The fourth-order valence-electron chi connectivity index (χ4n) is 1.91. The number of unbranched alkanes of at least 4 members (excludes halogenated alkanes) is 5. The third-order valence-electron chi connectivity index (χ3n) is 3.00. The third kappa shape index (κ3) is 7.09. The van der Waals surface area contributed by atoms with Gasteiger partial charge in [-0.05, 0) is 6.42 Å². The summed E-state index contributed by atoms with van der Waals surface area (Å²) < 4.78 is 0. The number of aromatic nitrogens is 2. The minimum Gasteiger partial charge on any atom is -0.356 e. The van der Waals surface area contributed by atoms with Gasteiger partial charge in [-0.3, -0.25) is 4.79 Å². The molecule has 0 saturated carbocycles. The summed E-state index contributed by atoms with van der Waals surface area (Å²) >= 11 is 0. The summed E-state index contributed by atoms with van der Waals surface area (Å²) in [5, 5.41) is 2.92. The molecular weight excluding hydrogens is 226 g/mol. The fourth-order valence-corrected chi connectivity index (χ4v) is 1.91. The number of hydrogen-bond acceptors (Lipinski definition) is 2. The van der Waals surface area contributed by atoms with Crippen molar-refractivity contribution in [3.05, 3.63) is 18.2 Å². The lowest BCUT2D eigenvalue weighted by molar-refractivity contribution is -0.121. The molecule has 0 unspecified atom stereocenters. The zero-order chi connectivity index (χ0) is 13.1. The van der Waals surface area contributed by atoms with Crippen LogP contribution >= 0.6 is 0 Å². The summed E-state index contributed by atoms with van der Waals surface area (Å²) in [6, 6.07) is 0. The van der Waals surface area contributed by atoms with Gasteiger partial charge in [0.1, 0.15) is 5.82 Å². The lowest BCUT2D eigenvalue weighted by Crippen LogP contribution is -2.25. The number of carbonyl (C=O) groups excluding carboxylic acids is 1. The lowest BCUT2D eigenvalue weighted by atomic mass is 10.1. The highest BCUT2D eigenvalue weighted by Gasteiger charge is 2.01. The highest BCUT2D eigenvalue weighted by Crippen LogP contribution is 2.06. The largest absolute Gasteiger partial charge is 0.356 e. The number of nitrogens with one attached hydrogen (secondary N) is 2. The second-order valence-electron chi connectivity index (χ2n) is 4.65. The smallest absolute Gasteiger partial charge is 0.220 e. The quantitative estimate of drug-likeness (QED) is 0.628. The van der Waals surface area contributed by atoms with Crippen LogP contribution in [-0.4, -0.2) is 22.4 Å². The Morgan fingerprint density at radius 3 is 2.78 bits per heavy atom. The zero-order valence-corrected chi connectivity index (χ0v) is 11.4.